The van der Waals surface area contributed by atoms with Gasteiger partial charge in [0.1, 0.15) is 0 Å². The molecule has 0 aromatic heterocycles. The van der Waals surface area contributed by atoms with E-state index in [2.05, 4.69) is 10.6 Å². The van der Waals surface area contributed by atoms with Crippen molar-refractivity contribution in [1.82, 2.24) is 5.32 Å². The van der Waals surface area contributed by atoms with Crippen LogP contribution in [-0.2, 0) is 4.74 Å². The summed E-state index contributed by atoms with van der Waals surface area (Å²) in [7, 11) is 0. The molecule has 2 amide bonds. The second kappa shape index (κ2) is 6.13. The van der Waals surface area contributed by atoms with Crippen LogP contribution < -0.4 is 15.5 Å². The molecular weight excluding hydrogens is 254 g/mol. The number of carbonyl (C=O) groups excluding carboxylic acids is 1. The molecule has 1 aromatic carbocycles. The van der Waals surface area contributed by atoms with Crippen LogP contribution >= 0.6 is 0 Å². The molecule has 0 bridgehead atoms. The minimum absolute atomic E-state index is 0.00656. The summed E-state index contributed by atoms with van der Waals surface area (Å²) < 4.78 is 5.36. The summed E-state index contributed by atoms with van der Waals surface area (Å²) in [6, 6.07) is 8.07. The van der Waals surface area contributed by atoms with Crippen LogP contribution in [0.5, 0.6) is 0 Å². The molecule has 1 aromatic rings. The first kappa shape index (κ1) is 13.2. The normalized spacial score (nSPS) is 20.0. The Kier molecular flexibility index (Phi) is 4.06. The van der Waals surface area contributed by atoms with Gasteiger partial charge in [0.05, 0.1) is 0 Å². The summed E-state index contributed by atoms with van der Waals surface area (Å²) in [5.41, 5.74) is 2.07. The predicted molar refractivity (Wildman–Crippen MR) is 79.2 cm³/mol. The Morgan fingerprint density at radius 1 is 1.25 bits per heavy atom. The maximum atomic E-state index is 11.6. The number of amides is 2. The lowest BCUT2D eigenvalue weighted by Crippen LogP contribution is -2.27. The number of nitrogens with zero attached hydrogens (tertiary/aromatic N) is 1. The van der Waals surface area contributed by atoms with Gasteiger partial charge in [0.2, 0.25) is 0 Å². The molecule has 108 valence electrons. The van der Waals surface area contributed by atoms with Crippen LogP contribution in [0.2, 0.25) is 0 Å². The van der Waals surface area contributed by atoms with Gasteiger partial charge in [0.15, 0.2) is 0 Å². The molecule has 2 aliphatic rings. The van der Waals surface area contributed by atoms with Crippen LogP contribution in [0.15, 0.2) is 24.3 Å². The number of nitrogens with one attached hydrogen (secondary N) is 2. The fourth-order valence-electron chi connectivity index (χ4n) is 2.69. The van der Waals surface area contributed by atoms with E-state index < -0.39 is 0 Å². The molecule has 0 unspecified atom stereocenters. The van der Waals surface area contributed by atoms with Crippen molar-refractivity contribution in [2.45, 2.75) is 12.8 Å². The molecule has 0 radical (unpaired) electrons. The summed E-state index contributed by atoms with van der Waals surface area (Å²) >= 11 is 0. The number of ether oxygens (including phenoxy) is 1. The lowest BCUT2D eigenvalue weighted by molar-refractivity contribution is 0.0699. The number of benzene rings is 1. The second-order valence-corrected chi connectivity index (χ2v) is 5.37. The van der Waals surface area contributed by atoms with Gasteiger partial charge in [-0.25, -0.2) is 4.79 Å². The van der Waals surface area contributed by atoms with Gasteiger partial charge >= 0.3 is 6.03 Å². The minimum atomic E-state index is -0.00656. The molecule has 2 fully saturated rings. The summed E-state index contributed by atoms with van der Waals surface area (Å²) in [4.78, 5) is 13.3. The summed E-state index contributed by atoms with van der Waals surface area (Å²) in [5.74, 6) is 0.702. The van der Waals surface area contributed by atoms with Crippen LogP contribution in [-0.4, -0.2) is 38.9 Å². The van der Waals surface area contributed by atoms with Crippen molar-refractivity contribution in [1.29, 1.82) is 0 Å². The molecule has 2 heterocycles. The van der Waals surface area contributed by atoms with Crippen molar-refractivity contribution in [3.63, 3.8) is 0 Å². The molecule has 0 atom stereocenters. The van der Waals surface area contributed by atoms with E-state index in [1.54, 1.807) is 4.90 Å². The van der Waals surface area contributed by atoms with Gasteiger partial charge in [-0.1, -0.05) is 0 Å². The van der Waals surface area contributed by atoms with Gasteiger partial charge in [-0.05, 0) is 43.0 Å². The maximum absolute atomic E-state index is 11.6. The van der Waals surface area contributed by atoms with E-state index in [4.69, 9.17) is 4.74 Å². The van der Waals surface area contributed by atoms with Crippen LogP contribution in [0.4, 0.5) is 16.2 Å². The molecule has 0 aliphatic carbocycles. The van der Waals surface area contributed by atoms with E-state index in [0.717, 1.165) is 57.1 Å². The Hall–Kier alpha value is -1.75. The average Bonchev–Trinajstić information content (AvgIpc) is 2.93. The molecule has 0 spiro atoms. The number of hydrogen-bond acceptors (Lipinski definition) is 3. The number of rotatable bonds is 4. The van der Waals surface area contributed by atoms with Crippen molar-refractivity contribution in [3.05, 3.63) is 24.3 Å². The molecule has 0 saturated carbocycles. The van der Waals surface area contributed by atoms with Crippen LogP contribution in [0.3, 0.4) is 0 Å². The maximum Gasteiger partial charge on any atom is 0.321 e. The van der Waals surface area contributed by atoms with E-state index in [9.17, 15) is 4.79 Å². The van der Waals surface area contributed by atoms with Crippen LogP contribution in [0.1, 0.15) is 12.8 Å². The molecule has 5 nitrogen and oxygen atoms in total. The number of hydrogen-bond donors (Lipinski definition) is 2. The number of carbonyl (C=O) groups is 1. The van der Waals surface area contributed by atoms with Crippen molar-refractivity contribution in [2.24, 2.45) is 5.92 Å². The van der Waals surface area contributed by atoms with E-state index in [1.165, 1.54) is 0 Å². The second-order valence-electron chi connectivity index (χ2n) is 5.37. The van der Waals surface area contributed by atoms with E-state index in [0.29, 0.717) is 5.92 Å². The van der Waals surface area contributed by atoms with Gasteiger partial charge in [0.25, 0.3) is 0 Å². The Balaban J connectivity index is 1.54. The zero-order chi connectivity index (χ0) is 13.8. The third-order valence-corrected chi connectivity index (χ3v) is 3.97. The Labute approximate surface area is 119 Å². The Morgan fingerprint density at radius 2 is 2.00 bits per heavy atom. The van der Waals surface area contributed by atoms with Crippen molar-refractivity contribution < 1.29 is 9.53 Å². The highest BCUT2D eigenvalue weighted by Crippen LogP contribution is 2.21. The van der Waals surface area contributed by atoms with Gasteiger partial charge in [-0.3, -0.25) is 4.90 Å². The van der Waals surface area contributed by atoms with Gasteiger partial charge in [0, 0.05) is 44.2 Å². The first-order valence-electron chi connectivity index (χ1n) is 7.30. The summed E-state index contributed by atoms with van der Waals surface area (Å²) in [6.07, 6.45) is 2.28. The topological polar surface area (TPSA) is 53.6 Å². The van der Waals surface area contributed by atoms with Gasteiger partial charge in [-0.15, -0.1) is 0 Å². The zero-order valence-electron chi connectivity index (χ0n) is 11.6. The molecule has 2 aliphatic heterocycles. The highest BCUT2D eigenvalue weighted by Gasteiger charge is 2.20. The molecule has 20 heavy (non-hydrogen) atoms. The molecular formula is C15H21N3O2. The SMILES string of the molecule is O=C1NCCN1c1ccc(NCC2CCOCC2)cc1. The third kappa shape index (κ3) is 3.04. The summed E-state index contributed by atoms with van der Waals surface area (Å²) in [6.45, 7) is 4.23. The van der Waals surface area contributed by atoms with E-state index >= 15 is 0 Å². The average molecular weight is 275 g/mol. The predicted octanol–water partition coefficient (Wildman–Crippen LogP) is 2.05. The summed E-state index contributed by atoms with van der Waals surface area (Å²) in [5, 5.41) is 6.28. The quantitative estimate of drug-likeness (QED) is 0.884. The lowest BCUT2D eigenvalue weighted by atomic mass is 10.0. The molecule has 2 saturated heterocycles. The number of anilines is 2. The Morgan fingerprint density at radius 3 is 2.65 bits per heavy atom. The van der Waals surface area contributed by atoms with E-state index in [1.807, 2.05) is 24.3 Å². The monoisotopic (exact) mass is 275 g/mol. The van der Waals surface area contributed by atoms with Gasteiger partial charge in [-0.2, -0.15) is 0 Å². The van der Waals surface area contributed by atoms with Gasteiger partial charge < -0.3 is 15.4 Å². The highest BCUT2D eigenvalue weighted by atomic mass is 16.5. The zero-order valence-corrected chi connectivity index (χ0v) is 11.6. The van der Waals surface area contributed by atoms with Crippen LogP contribution in [0.25, 0.3) is 0 Å². The Bertz CT molecular complexity index is 455. The lowest BCUT2D eigenvalue weighted by Gasteiger charge is -2.23. The molecule has 2 N–H and O–H groups in total. The largest absolute Gasteiger partial charge is 0.385 e. The minimum Gasteiger partial charge on any atom is -0.385 e. The van der Waals surface area contributed by atoms with Crippen molar-refractivity contribution >= 4 is 17.4 Å². The van der Waals surface area contributed by atoms with Crippen LogP contribution in [0, 0.1) is 5.92 Å². The number of urea groups is 1. The molecule has 5 heteroatoms. The van der Waals surface area contributed by atoms with Crippen molar-refractivity contribution in [2.75, 3.05) is 43.1 Å². The van der Waals surface area contributed by atoms with Crippen molar-refractivity contribution in [3.8, 4) is 0 Å². The smallest absolute Gasteiger partial charge is 0.321 e. The fraction of sp³-hybridized carbons (Fsp3) is 0.533. The third-order valence-electron chi connectivity index (χ3n) is 3.97. The highest BCUT2D eigenvalue weighted by molar-refractivity contribution is 5.94. The first-order chi connectivity index (χ1) is 9.83. The van der Waals surface area contributed by atoms with E-state index in [-0.39, 0.29) is 6.03 Å². The molecule has 3 rings (SSSR count). The first-order valence-corrected chi connectivity index (χ1v) is 7.30. The fourth-order valence-corrected chi connectivity index (χ4v) is 2.69. The standard InChI is InChI=1S/C15H21N3O2/c19-15-16-7-8-18(15)14-3-1-13(2-4-14)17-11-12-5-9-20-10-6-12/h1-4,12,17H,5-11H2,(H,16,19).